The molecule has 0 amide bonds. The van der Waals surface area contributed by atoms with E-state index in [1.807, 2.05) is 35.7 Å². The number of hydrogen-bond acceptors (Lipinski definition) is 2. The number of thiazole rings is 1. The summed E-state index contributed by atoms with van der Waals surface area (Å²) in [6.07, 6.45) is 1.52. The van der Waals surface area contributed by atoms with Crippen LogP contribution in [0.5, 0.6) is 0 Å². The summed E-state index contributed by atoms with van der Waals surface area (Å²) in [7, 11) is 0. The van der Waals surface area contributed by atoms with Crippen LogP contribution in [0.3, 0.4) is 0 Å². The van der Waals surface area contributed by atoms with Crippen LogP contribution in [-0.4, -0.2) is 4.98 Å². The molecule has 0 aliphatic carbocycles. The van der Waals surface area contributed by atoms with E-state index in [0.717, 1.165) is 16.3 Å². The highest BCUT2D eigenvalue weighted by molar-refractivity contribution is 7.13. The molecule has 0 unspecified atom stereocenters. The predicted molar refractivity (Wildman–Crippen MR) is 56.3 cm³/mol. The van der Waals surface area contributed by atoms with Gasteiger partial charge in [0.15, 0.2) is 0 Å². The van der Waals surface area contributed by atoms with Gasteiger partial charge in [0.2, 0.25) is 0 Å². The Bertz CT molecular complexity index is 403. The zero-order chi connectivity index (χ0) is 9.10. The molecular formula is C11H8NS. The molecule has 0 fully saturated rings. The Morgan fingerprint density at radius 3 is 2.62 bits per heavy atom. The van der Waals surface area contributed by atoms with Crippen molar-refractivity contribution in [1.29, 1.82) is 0 Å². The molecule has 0 bridgehead atoms. The Morgan fingerprint density at radius 1 is 1.23 bits per heavy atom. The molecule has 0 aliphatic rings. The Labute approximate surface area is 81.4 Å². The lowest BCUT2D eigenvalue weighted by Crippen LogP contribution is -1.75. The molecule has 0 spiro atoms. The predicted octanol–water partition coefficient (Wildman–Crippen LogP) is 3.26. The zero-order valence-corrected chi connectivity index (χ0v) is 7.79. The van der Waals surface area contributed by atoms with Crippen LogP contribution in [0, 0.1) is 6.58 Å². The fourth-order valence-electron chi connectivity index (χ4n) is 1.08. The molecule has 2 rings (SSSR count). The Balaban J connectivity index is 2.41. The quantitative estimate of drug-likeness (QED) is 0.701. The maximum Gasteiger partial charge on any atom is 0.124 e. The van der Waals surface area contributed by atoms with Gasteiger partial charge in [-0.1, -0.05) is 36.9 Å². The van der Waals surface area contributed by atoms with Gasteiger partial charge in [0.05, 0.1) is 5.69 Å². The third-order valence-corrected chi connectivity index (χ3v) is 2.62. The molecule has 2 aromatic rings. The summed E-state index contributed by atoms with van der Waals surface area (Å²) in [6, 6.07) is 10.1. The summed E-state index contributed by atoms with van der Waals surface area (Å²) in [5.74, 6) is 0. The molecule has 1 aromatic carbocycles. The Kier molecular flexibility index (Phi) is 2.23. The first-order valence-corrected chi connectivity index (χ1v) is 4.84. The smallest absolute Gasteiger partial charge is 0.124 e. The zero-order valence-electron chi connectivity index (χ0n) is 6.97. The van der Waals surface area contributed by atoms with E-state index in [-0.39, 0.29) is 0 Å². The van der Waals surface area contributed by atoms with E-state index >= 15 is 0 Å². The van der Waals surface area contributed by atoms with Crippen LogP contribution in [0.15, 0.2) is 35.7 Å². The van der Waals surface area contributed by atoms with Gasteiger partial charge >= 0.3 is 0 Å². The van der Waals surface area contributed by atoms with Crippen molar-refractivity contribution in [2.24, 2.45) is 0 Å². The Morgan fingerprint density at radius 2 is 2.00 bits per heavy atom. The summed E-state index contributed by atoms with van der Waals surface area (Å²) in [4.78, 5) is 4.34. The molecule has 2 heteroatoms. The average molecular weight is 186 g/mol. The van der Waals surface area contributed by atoms with E-state index in [1.165, 1.54) is 6.08 Å². The van der Waals surface area contributed by atoms with Gasteiger partial charge in [-0.3, -0.25) is 0 Å². The van der Waals surface area contributed by atoms with Gasteiger partial charge in [-0.2, -0.15) is 0 Å². The van der Waals surface area contributed by atoms with Crippen molar-refractivity contribution >= 4 is 17.4 Å². The first-order valence-electron chi connectivity index (χ1n) is 3.96. The second-order valence-electron chi connectivity index (χ2n) is 2.61. The molecule has 13 heavy (non-hydrogen) atoms. The van der Waals surface area contributed by atoms with E-state index < -0.39 is 0 Å². The van der Waals surface area contributed by atoms with Crippen molar-refractivity contribution in [2.45, 2.75) is 0 Å². The number of aromatic nitrogens is 1. The summed E-state index contributed by atoms with van der Waals surface area (Å²) in [6.45, 7) is 5.36. The molecule has 63 valence electrons. The summed E-state index contributed by atoms with van der Waals surface area (Å²) < 4.78 is 0. The molecule has 1 nitrogen and oxygen atoms in total. The van der Waals surface area contributed by atoms with Crippen molar-refractivity contribution in [1.82, 2.24) is 4.98 Å². The fraction of sp³-hybridized carbons (Fsp3) is 0. The highest BCUT2D eigenvalue weighted by Gasteiger charge is 2.00. The van der Waals surface area contributed by atoms with Crippen LogP contribution in [0.4, 0.5) is 0 Å². The molecule has 1 aromatic heterocycles. The number of hydrogen-bond donors (Lipinski definition) is 0. The third-order valence-electron chi connectivity index (χ3n) is 1.71. The maximum absolute atomic E-state index is 5.36. The normalized spacial score (nSPS) is 9.85. The molecule has 0 N–H and O–H groups in total. The number of rotatable bonds is 2. The van der Waals surface area contributed by atoms with Crippen molar-refractivity contribution in [3.63, 3.8) is 0 Å². The van der Waals surface area contributed by atoms with Crippen LogP contribution in [0.25, 0.3) is 16.6 Å². The van der Waals surface area contributed by atoms with E-state index in [2.05, 4.69) is 4.98 Å². The SMILES string of the molecule is [CH]=Cc1csc(-c2ccccc2)n1. The number of benzene rings is 1. The van der Waals surface area contributed by atoms with Crippen molar-refractivity contribution in [3.8, 4) is 10.6 Å². The monoisotopic (exact) mass is 186 g/mol. The number of nitrogens with zero attached hydrogens (tertiary/aromatic N) is 1. The van der Waals surface area contributed by atoms with Gasteiger partial charge in [-0.15, -0.1) is 11.3 Å². The summed E-state index contributed by atoms with van der Waals surface area (Å²) in [5, 5.41) is 2.96. The molecule has 0 atom stereocenters. The second kappa shape index (κ2) is 3.54. The van der Waals surface area contributed by atoms with Gasteiger partial charge < -0.3 is 0 Å². The second-order valence-corrected chi connectivity index (χ2v) is 3.47. The lowest BCUT2D eigenvalue weighted by molar-refractivity contribution is 1.38. The fourth-order valence-corrected chi connectivity index (χ4v) is 1.87. The average Bonchev–Trinajstić information content (AvgIpc) is 2.67. The van der Waals surface area contributed by atoms with E-state index in [0.29, 0.717) is 0 Å². The minimum atomic E-state index is 0.837. The first-order chi connectivity index (χ1) is 6.40. The summed E-state index contributed by atoms with van der Waals surface area (Å²) >= 11 is 1.60. The van der Waals surface area contributed by atoms with Crippen LogP contribution < -0.4 is 0 Å². The van der Waals surface area contributed by atoms with Crippen LogP contribution in [0.2, 0.25) is 0 Å². The third kappa shape index (κ3) is 1.68. The lowest BCUT2D eigenvalue weighted by Gasteiger charge is -1.92. The minimum absolute atomic E-state index is 0.837. The molecule has 1 radical (unpaired) electrons. The summed E-state index contributed by atoms with van der Waals surface area (Å²) in [5.41, 5.74) is 1.98. The highest BCUT2D eigenvalue weighted by Crippen LogP contribution is 2.23. The van der Waals surface area contributed by atoms with Crippen molar-refractivity contribution in [3.05, 3.63) is 48.0 Å². The molecule has 0 saturated heterocycles. The van der Waals surface area contributed by atoms with Gasteiger partial charge in [0, 0.05) is 10.9 Å². The van der Waals surface area contributed by atoms with E-state index in [1.54, 1.807) is 11.3 Å². The maximum atomic E-state index is 5.36. The van der Waals surface area contributed by atoms with E-state index in [4.69, 9.17) is 6.58 Å². The van der Waals surface area contributed by atoms with Crippen molar-refractivity contribution < 1.29 is 0 Å². The van der Waals surface area contributed by atoms with Crippen LogP contribution >= 0.6 is 11.3 Å². The first kappa shape index (κ1) is 8.20. The molecular weight excluding hydrogens is 178 g/mol. The Hall–Kier alpha value is -1.41. The standard InChI is InChI=1S/C11H8NS/c1-2-10-8-13-11(12-10)9-6-4-3-5-7-9/h1-8H. The highest BCUT2D eigenvalue weighted by atomic mass is 32.1. The molecule has 1 heterocycles. The van der Waals surface area contributed by atoms with Gasteiger partial charge in [0.25, 0.3) is 0 Å². The lowest BCUT2D eigenvalue weighted by atomic mass is 10.2. The molecule has 0 saturated carbocycles. The van der Waals surface area contributed by atoms with E-state index in [9.17, 15) is 0 Å². The topological polar surface area (TPSA) is 12.9 Å². The minimum Gasteiger partial charge on any atom is -0.237 e. The van der Waals surface area contributed by atoms with Crippen LogP contribution in [-0.2, 0) is 0 Å². The van der Waals surface area contributed by atoms with Gasteiger partial charge in [-0.25, -0.2) is 4.98 Å². The van der Waals surface area contributed by atoms with Gasteiger partial charge in [0.1, 0.15) is 5.01 Å². The largest absolute Gasteiger partial charge is 0.237 e. The van der Waals surface area contributed by atoms with Crippen molar-refractivity contribution in [2.75, 3.05) is 0 Å². The van der Waals surface area contributed by atoms with Crippen LogP contribution in [0.1, 0.15) is 5.69 Å². The molecule has 0 aliphatic heterocycles. The van der Waals surface area contributed by atoms with Gasteiger partial charge in [-0.05, 0) is 6.08 Å².